The van der Waals surface area contributed by atoms with Crippen molar-refractivity contribution in [2.75, 3.05) is 19.3 Å². The topological polar surface area (TPSA) is 91.8 Å². The molecule has 2 aromatic rings. The van der Waals surface area contributed by atoms with Gasteiger partial charge in [0.1, 0.15) is 0 Å². The van der Waals surface area contributed by atoms with Gasteiger partial charge in [-0.1, -0.05) is 0 Å². The molecule has 1 N–H and O–H groups in total. The van der Waals surface area contributed by atoms with Gasteiger partial charge in [0.05, 0.1) is 23.3 Å². The van der Waals surface area contributed by atoms with Crippen molar-refractivity contribution < 1.29 is 8.42 Å². The van der Waals surface area contributed by atoms with E-state index in [0.29, 0.717) is 13.1 Å². The van der Waals surface area contributed by atoms with Gasteiger partial charge < -0.3 is 0 Å². The van der Waals surface area contributed by atoms with Gasteiger partial charge in [-0.15, -0.1) is 0 Å². The minimum atomic E-state index is -3.18. The SMILES string of the molecule is Cc1n[nH]c(C)c1-c1nccnc1[C@H]1CCCN(S(C)(=O)=O)C1. The molecule has 0 spiro atoms. The molecule has 0 unspecified atom stereocenters. The number of aromatic amines is 1. The molecule has 8 heteroatoms. The summed E-state index contributed by atoms with van der Waals surface area (Å²) in [4.78, 5) is 9.05. The maximum absolute atomic E-state index is 11.9. The van der Waals surface area contributed by atoms with Gasteiger partial charge in [-0.25, -0.2) is 12.7 Å². The largest absolute Gasteiger partial charge is 0.282 e. The number of H-pyrrole nitrogens is 1. The van der Waals surface area contributed by atoms with E-state index in [9.17, 15) is 8.42 Å². The van der Waals surface area contributed by atoms with Crippen molar-refractivity contribution in [1.82, 2.24) is 24.5 Å². The van der Waals surface area contributed by atoms with Gasteiger partial charge in [0.2, 0.25) is 10.0 Å². The number of rotatable bonds is 3. The first-order valence-corrected chi connectivity index (χ1v) is 9.50. The second-order valence-electron chi connectivity index (χ2n) is 6.06. The average Bonchev–Trinajstić information content (AvgIpc) is 2.85. The molecular weight excluding hydrogens is 314 g/mol. The molecule has 3 heterocycles. The average molecular weight is 335 g/mol. The molecular formula is C15H21N5O2S. The zero-order chi connectivity index (χ0) is 16.6. The van der Waals surface area contributed by atoms with E-state index in [-0.39, 0.29) is 5.92 Å². The van der Waals surface area contributed by atoms with Gasteiger partial charge in [-0.05, 0) is 26.7 Å². The first kappa shape index (κ1) is 16.1. The third-order valence-electron chi connectivity index (χ3n) is 4.33. The van der Waals surface area contributed by atoms with Gasteiger partial charge in [-0.2, -0.15) is 5.10 Å². The number of nitrogens with zero attached hydrogens (tertiary/aromatic N) is 4. The molecule has 2 aromatic heterocycles. The highest BCUT2D eigenvalue weighted by molar-refractivity contribution is 7.88. The maximum atomic E-state index is 11.9. The molecule has 1 saturated heterocycles. The highest BCUT2D eigenvalue weighted by atomic mass is 32.2. The van der Waals surface area contributed by atoms with Crippen molar-refractivity contribution in [3.63, 3.8) is 0 Å². The summed E-state index contributed by atoms with van der Waals surface area (Å²) in [5.41, 5.74) is 4.44. The molecule has 0 bridgehead atoms. The van der Waals surface area contributed by atoms with Crippen LogP contribution in [0.15, 0.2) is 12.4 Å². The zero-order valence-corrected chi connectivity index (χ0v) is 14.4. The normalized spacial score (nSPS) is 19.9. The van der Waals surface area contributed by atoms with Crippen LogP contribution in [0.1, 0.15) is 35.8 Å². The standard InChI is InChI=1S/C15H21N5O2S/c1-10-13(11(2)19-18-10)15-14(16-6-7-17-15)12-5-4-8-20(9-12)23(3,21)22/h6-7,12H,4-5,8-9H2,1-3H3,(H,18,19)/t12-/m0/s1. The number of hydrogen-bond donors (Lipinski definition) is 1. The monoisotopic (exact) mass is 335 g/mol. The number of piperidine rings is 1. The van der Waals surface area contributed by atoms with Crippen molar-refractivity contribution in [3.8, 4) is 11.3 Å². The first-order valence-electron chi connectivity index (χ1n) is 7.66. The van der Waals surface area contributed by atoms with E-state index in [1.165, 1.54) is 10.6 Å². The smallest absolute Gasteiger partial charge is 0.211 e. The number of sulfonamides is 1. The Morgan fingerprint density at radius 1 is 1.26 bits per heavy atom. The van der Waals surface area contributed by atoms with Gasteiger partial charge >= 0.3 is 0 Å². The van der Waals surface area contributed by atoms with Crippen molar-refractivity contribution in [3.05, 3.63) is 29.5 Å². The summed E-state index contributed by atoms with van der Waals surface area (Å²) in [5, 5.41) is 7.21. The number of aromatic nitrogens is 4. The molecule has 1 aliphatic rings. The van der Waals surface area contributed by atoms with Crippen LogP contribution in [0.4, 0.5) is 0 Å². The van der Waals surface area contributed by atoms with Crippen LogP contribution in [-0.2, 0) is 10.0 Å². The summed E-state index contributed by atoms with van der Waals surface area (Å²) in [7, 11) is -3.18. The Bertz CT molecular complexity index is 796. The summed E-state index contributed by atoms with van der Waals surface area (Å²) in [6.07, 6.45) is 6.34. The van der Waals surface area contributed by atoms with E-state index in [1.54, 1.807) is 12.4 Å². The molecule has 0 aromatic carbocycles. The molecule has 1 aliphatic heterocycles. The Morgan fingerprint density at radius 2 is 2.00 bits per heavy atom. The molecule has 0 amide bonds. The Labute approximate surface area is 136 Å². The number of nitrogens with one attached hydrogen (secondary N) is 1. The first-order chi connectivity index (χ1) is 10.9. The fraction of sp³-hybridized carbons (Fsp3) is 0.533. The lowest BCUT2D eigenvalue weighted by atomic mass is 9.92. The molecule has 124 valence electrons. The quantitative estimate of drug-likeness (QED) is 0.920. The summed E-state index contributed by atoms with van der Waals surface area (Å²) >= 11 is 0. The van der Waals surface area contributed by atoms with Crippen LogP contribution in [0.3, 0.4) is 0 Å². The fourth-order valence-corrected chi connectivity index (χ4v) is 4.12. The molecule has 3 rings (SSSR count). The van der Waals surface area contributed by atoms with Crippen LogP contribution < -0.4 is 0 Å². The van der Waals surface area contributed by atoms with E-state index >= 15 is 0 Å². The Balaban J connectivity index is 2.01. The van der Waals surface area contributed by atoms with Gasteiger partial charge in [-0.3, -0.25) is 15.1 Å². The van der Waals surface area contributed by atoms with E-state index < -0.39 is 10.0 Å². The Kier molecular flexibility index (Phi) is 4.20. The summed E-state index contributed by atoms with van der Waals surface area (Å²) in [5.74, 6) is 0.0517. The van der Waals surface area contributed by atoms with Crippen LogP contribution in [0.5, 0.6) is 0 Å². The van der Waals surface area contributed by atoms with Crippen LogP contribution >= 0.6 is 0 Å². The fourth-order valence-electron chi connectivity index (χ4n) is 3.21. The van der Waals surface area contributed by atoms with Crippen molar-refractivity contribution in [2.24, 2.45) is 0 Å². The van der Waals surface area contributed by atoms with Crippen LogP contribution in [0, 0.1) is 13.8 Å². The van der Waals surface area contributed by atoms with E-state index in [1.807, 2.05) is 13.8 Å². The molecule has 0 radical (unpaired) electrons. The van der Waals surface area contributed by atoms with Crippen molar-refractivity contribution in [2.45, 2.75) is 32.6 Å². The molecule has 1 atom stereocenters. The highest BCUT2D eigenvalue weighted by Crippen LogP contribution is 2.34. The second-order valence-corrected chi connectivity index (χ2v) is 8.04. The van der Waals surface area contributed by atoms with Gasteiger partial charge in [0, 0.05) is 42.7 Å². The summed E-state index contributed by atoms with van der Waals surface area (Å²) < 4.78 is 25.3. The van der Waals surface area contributed by atoms with Crippen LogP contribution in [-0.4, -0.2) is 52.2 Å². The summed E-state index contributed by atoms with van der Waals surface area (Å²) in [6.45, 7) is 4.92. The predicted octanol–water partition coefficient (Wildman–Crippen LogP) is 1.62. The van der Waals surface area contributed by atoms with E-state index in [2.05, 4.69) is 20.2 Å². The van der Waals surface area contributed by atoms with Gasteiger partial charge in [0.15, 0.2) is 0 Å². The molecule has 0 saturated carbocycles. The van der Waals surface area contributed by atoms with Crippen molar-refractivity contribution in [1.29, 1.82) is 0 Å². The minimum absolute atomic E-state index is 0.0517. The minimum Gasteiger partial charge on any atom is -0.282 e. The lowest BCUT2D eigenvalue weighted by Crippen LogP contribution is -2.38. The molecule has 7 nitrogen and oxygen atoms in total. The Morgan fingerprint density at radius 3 is 2.65 bits per heavy atom. The number of aryl methyl sites for hydroxylation is 2. The summed E-state index contributed by atoms with van der Waals surface area (Å²) in [6, 6.07) is 0. The third kappa shape index (κ3) is 3.13. The highest BCUT2D eigenvalue weighted by Gasteiger charge is 2.30. The third-order valence-corrected chi connectivity index (χ3v) is 5.60. The van der Waals surface area contributed by atoms with Crippen LogP contribution in [0.2, 0.25) is 0 Å². The second kappa shape index (κ2) is 6.01. The molecule has 0 aliphatic carbocycles. The number of hydrogen-bond acceptors (Lipinski definition) is 5. The lowest BCUT2D eigenvalue weighted by molar-refractivity contribution is 0.314. The zero-order valence-electron chi connectivity index (χ0n) is 13.6. The van der Waals surface area contributed by atoms with E-state index in [4.69, 9.17) is 0 Å². The van der Waals surface area contributed by atoms with E-state index in [0.717, 1.165) is 41.2 Å². The predicted molar refractivity (Wildman–Crippen MR) is 87.5 cm³/mol. The maximum Gasteiger partial charge on any atom is 0.211 e. The molecule has 1 fully saturated rings. The van der Waals surface area contributed by atoms with Crippen molar-refractivity contribution >= 4 is 10.0 Å². The lowest BCUT2D eigenvalue weighted by Gasteiger charge is -2.31. The van der Waals surface area contributed by atoms with Gasteiger partial charge in [0.25, 0.3) is 0 Å². The molecule has 23 heavy (non-hydrogen) atoms. The Hall–Kier alpha value is -1.80. The van der Waals surface area contributed by atoms with Crippen LogP contribution in [0.25, 0.3) is 11.3 Å².